The number of hydrogen-bond donors (Lipinski definition) is 1. The van der Waals surface area contributed by atoms with E-state index in [9.17, 15) is 27.5 Å². The van der Waals surface area contributed by atoms with Crippen LogP contribution in [0.2, 0.25) is 0 Å². The number of aliphatic hydroxyl groups is 1. The third-order valence-electron chi connectivity index (χ3n) is 6.48. The van der Waals surface area contributed by atoms with E-state index in [4.69, 9.17) is 4.74 Å². The van der Waals surface area contributed by atoms with Crippen LogP contribution in [0.15, 0.2) is 48.6 Å². The van der Waals surface area contributed by atoms with Crippen molar-refractivity contribution in [1.29, 1.82) is 0 Å². The number of carbonyl (C=O) groups excluding carboxylic acids is 1. The third kappa shape index (κ3) is 3.53. The van der Waals surface area contributed by atoms with Gasteiger partial charge in [-0.3, -0.25) is 0 Å². The molecule has 8 heteroatoms. The summed E-state index contributed by atoms with van der Waals surface area (Å²) in [6.45, 7) is 0. The lowest BCUT2D eigenvalue weighted by Crippen LogP contribution is -2.57. The van der Waals surface area contributed by atoms with Crippen LogP contribution in [0, 0.1) is 23.3 Å². The number of piperidine rings is 1. The van der Waals surface area contributed by atoms with Crippen molar-refractivity contribution in [3.8, 4) is 0 Å². The zero-order chi connectivity index (χ0) is 22.6. The number of carbonyl (C=O) groups is 1. The number of rotatable bonds is 4. The first kappa shape index (κ1) is 21.5. The molecule has 3 atom stereocenters. The molecule has 0 aliphatic carbocycles. The molecule has 2 aromatic rings. The van der Waals surface area contributed by atoms with Gasteiger partial charge in [0.1, 0.15) is 41.5 Å². The van der Waals surface area contributed by atoms with Crippen molar-refractivity contribution >= 4 is 5.97 Å². The van der Waals surface area contributed by atoms with Crippen molar-refractivity contribution < 1.29 is 36.7 Å². The van der Waals surface area contributed by atoms with E-state index in [1.807, 2.05) is 12.2 Å². The zero-order valence-corrected chi connectivity index (χ0v) is 17.0. The molecule has 2 aliphatic heterocycles. The predicted octanol–water partition coefficient (Wildman–Crippen LogP) is 3.57. The second kappa shape index (κ2) is 7.46. The minimum absolute atomic E-state index is 0.0924. The average Bonchev–Trinajstić information content (AvgIpc) is 2.84. The highest BCUT2D eigenvalue weighted by atomic mass is 19.1. The Morgan fingerprint density at radius 2 is 1.39 bits per heavy atom. The minimum atomic E-state index is -2.93. The van der Waals surface area contributed by atoms with Crippen molar-refractivity contribution in [2.75, 3.05) is 14.1 Å². The van der Waals surface area contributed by atoms with Crippen molar-refractivity contribution in [2.24, 2.45) is 0 Å². The van der Waals surface area contributed by atoms with Crippen LogP contribution in [0.3, 0.4) is 0 Å². The van der Waals surface area contributed by atoms with Gasteiger partial charge in [0.25, 0.3) is 0 Å². The van der Waals surface area contributed by atoms with Crippen molar-refractivity contribution in [3.63, 3.8) is 0 Å². The summed E-state index contributed by atoms with van der Waals surface area (Å²) in [7, 11) is 4.12. The molecule has 1 saturated heterocycles. The molecule has 0 saturated carbocycles. The van der Waals surface area contributed by atoms with E-state index >= 15 is 0 Å². The molecular weight excluding hydrogens is 414 g/mol. The van der Waals surface area contributed by atoms with Crippen LogP contribution in [-0.2, 0) is 15.1 Å². The van der Waals surface area contributed by atoms with Crippen LogP contribution < -0.4 is 0 Å². The monoisotopic (exact) mass is 436 g/mol. The fourth-order valence-corrected chi connectivity index (χ4v) is 4.55. The molecule has 0 spiro atoms. The number of likely N-dealkylation sites (N-methyl/N-ethyl adjacent to an activating group) is 1. The molecule has 2 aromatic carbocycles. The van der Waals surface area contributed by atoms with E-state index in [2.05, 4.69) is 14.1 Å². The van der Waals surface area contributed by atoms with E-state index in [-0.39, 0.29) is 12.1 Å². The summed E-state index contributed by atoms with van der Waals surface area (Å²) in [5.74, 6) is -5.70. The Labute approximate surface area is 177 Å². The van der Waals surface area contributed by atoms with E-state index in [0.29, 0.717) is 29.5 Å². The van der Waals surface area contributed by atoms with Crippen molar-refractivity contribution in [1.82, 2.24) is 0 Å². The number of ether oxygens (including phenoxy) is 1. The Hall–Kier alpha value is -2.71. The molecule has 2 unspecified atom stereocenters. The summed E-state index contributed by atoms with van der Waals surface area (Å²) in [5, 5.41) is 11.3. The maximum atomic E-state index is 14.6. The Kier molecular flexibility index (Phi) is 5.18. The molecule has 31 heavy (non-hydrogen) atoms. The fraction of sp³-hybridized carbons (Fsp3) is 0.348. The van der Waals surface area contributed by atoms with Gasteiger partial charge in [-0.05, 0) is 36.4 Å². The molecule has 4 rings (SSSR count). The molecule has 0 aromatic heterocycles. The van der Waals surface area contributed by atoms with Gasteiger partial charge in [0, 0.05) is 36.1 Å². The lowest BCUT2D eigenvalue weighted by atomic mass is 9.85. The second-order valence-corrected chi connectivity index (χ2v) is 8.61. The van der Waals surface area contributed by atoms with Crippen molar-refractivity contribution in [3.05, 3.63) is 82.9 Å². The smallest absolute Gasteiger partial charge is 0.348 e. The molecule has 164 valence electrons. The molecule has 2 heterocycles. The van der Waals surface area contributed by atoms with Crippen LogP contribution in [0.25, 0.3) is 0 Å². The zero-order valence-electron chi connectivity index (χ0n) is 17.0. The first-order chi connectivity index (χ1) is 14.5. The van der Waals surface area contributed by atoms with Crippen molar-refractivity contribution in [2.45, 2.75) is 36.6 Å². The van der Waals surface area contributed by atoms with Crippen LogP contribution in [0.1, 0.15) is 24.0 Å². The minimum Gasteiger partial charge on any atom is -0.459 e. The SMILES string of the molecule is C[N+]1(C)C2C=C[C@@H]1CC(OC(=O)C(O)(c1ccc(F)cc1F)c1ccc(F)cc1F)C2. The van der Waals surface area contributed by atoms with Crippen LogP contribution >= 0.6 is 0 Å². The number of fused-ring (bicyclic) bond motifs is 2. The maximum Gasteiger partial charge on any atom is 0.348 e. The predicted molar refractivity (Wildman–Crippen MR) is 104 cm³/mol. The highest BCUT2D eigenvalue weighted by molar-refractivity contribution is 5.85. The number of benzene rings is 2. The highest BCUT2D eigenvalue weighted by Gasteiger charge is 2.50. The topological polar surface area (TPSA) is 46.5 Å². The molecule has 0 amide bonds. The maximum absolute atomic E-state index is 14.6. The van der Waals surface area contributed by atoms with Crippen LogP contribution in [0.5, 0.6) is 0 Å². The first-order valence-electron chi connectivity index (χ1n) is 9.89. The summed E-state index contributed by atoms with van der Waals surface area (Å²) in [6, 6.07) is 4.50. The van der Waals surface area contributed by atoms with Gasteiger partial charge in [-0.2, -0.15) is 0 Å². The third-order valence-corrected chi connectivity index (χ3v) is 6.48. The van der Waals surface area contributed by atoms with Gasteiger partial charge >= 0.3 is 5.97 Å². The van der Waals surface area contributed by atoms with Gasteiger partial charge in [-0.25, -0.2) is 22.4 Å². The quantitative estimate of drug-likeness (QED) is 0.345. The van der Waals surface area contributed by atoms with Gasteiger partial charge in [0.2, 0.25) is 5.60 Å². The first-order valence-corrected chi connectivity index (χ1v) is 9.89. The van der Waals surface area contributed by atoms with E-state index in [1.165, 1.54) is 0 Å². The number of nitrogens with zero attached hydrogens (tertiary/aromatic N) is 1. The largest absolute Gasteiger partial charge is 0.459 e. The lowest BCUT2D eigenvalue weighted by molar-refractivity contribution is -0.926. The Balaban J connectivity index is 1.72. The Morgan fingerprint density at radius 1 is 0.935 bits per heavy atom. The number of hydrogen-bond acceptors (Lipinski definition) is 3. The van der Waals surface area contributed by atoms with Gasteiger partial charge in [0.15, 0.2) is 0 Å². The molecule has 1 N–H and O–H groups in total. The molecule has 4 nitrogen and oxygen atoms in total. The standard InChI is InChI=1S/C23H22F4NO3/c1-28(2)15-5-6-16(28)12-17(11-15)31-22(29)23(30,18-7-3-13(24)9-20(18)26)19-8-4-14(25)10-21(19)27/h3-10,15-17,30H,11-12H2,1-2H3/q+1/t15-,16?,17?/m1/s1. The molecule has 0 radical (unpaired) electrons. The van der Waals surface area contributed by atoms with Gasteiger partial charge in [0.05, 0.1) is 14.1 Å². The molecular formula is C23H22F4NO3+. The summed E-state index contributed by atoms with van der Waals surface area (Å²) < 4.78 is 62.3. The van der Waals surface area contributed by atoms with Gasteiger partial charge < -0.3 is 14.3 Å². The molecule has 1 fully saturated rings. The van der Waals surface area contributed by atoms with Gasteiger partial charge in [-0.15, -0.1) is 0 Å². The normalized spacial score (nSPS) is 24.3. The van der Waals surface area contributed by atoms with Gasteiger partial charge in [-0.1, -0.05) is 0 Å². The summed E-state index contributed by atoms with van der Waals surface area (Å²) in [5.41, 5.74) is -4.29. The highest BCUT2D eigenvalue weighted by Crippen LogP contribution is 2.39. The molecule has 2 bridgehead atoms. The number of quaternary nitrogens is 1. The summed E-state index contributed by atoms with van der Waals surface area (Å²) in [4.78, 5) is 13.2. The Morgan fingerprint density at radius 3 is 1.81 bits per heavy atom. The summed E-state index contributed by atoms with van der Waals surface area (Å²) in [6.07, 6.45) is 4.44. The second-order valence-electron chi connectivity index (χ2n) is 8.61. The van der Waals surface area contributed by atoms with E-state index < -0.39 is 52.1 Å². The fourth-order valence-electron chi connectivity index (χ4n) is 4.55. The lowest BCUT2D eigenvalue weighted by Gasteiger charge is -2.44. The number of halogens is 4. The summed E-state index contributed by atoms with van der Waals surface area (Å²) >= 11 is 0. The Bertz CT molecular complexity index is 999. The number of esters is 1. The average molecular weight is 436 g/mol. The van der Waals surface area contributed by atoms with Crippen LogP contribution in [-0.4, -0.2) is 47.8 Å². The van der Waals surface area contributed by atoms with E-state index in [0.717, 1.165) is 24.3 Å². The molecule has 2 aliphatic rings. The van der Waals surface area contributed by atoms with E-state index in [1.54, 1.807) is 0 Å². The van der Waals surface area contributed by atoms with Crippen LogP contribution in [0.4, 0.5) is 17.6 Å².